The SMILES string of the molecule is C#Cc1ccc(-c2nc(Nc3cc(C4CC4)[nH]n3)c3ccccc3n2)cc1. The van der Waals surface area contributed by atoms with E-state index in [-0.39, 0.29) is 0 Å². The van der Waals surface area contributed by atoms with Crippen LogP contribution >= 0.6 is 0 Å². The summed E-state index contributed by atoms with van der Waals surface area (Å²) in [4.78, 5) is 9.48. The molecule has 0 spiro atoms. The predicted molar refractivity (Wildman–Crippen MR) is 107 cm³/mol. The van der Waals surface area contributed by atoms with Crippen molar-refractivity contribution in [2.45, 2.75) is 18.8 Å². The molecule has 4 aromatic rings. The van der Waals surface area contributed by atoms with Gasteiger partial charge in [0.1, 0.15) is 5.82 Å². The van der Waals surface area contributed by atoms with E-state index < -0.39 is 0 Å². The Morgan fingerprint density at radius 2 is 1.85 bits per heavy atom. The van der Waals surface area contributed by atoms with Crippen LogP contribution in [0.4, 0.5) is 11.6 Å². The van der Waals surface area contributed by atoms with Gasteiger partial charge in [-0.15, -0.1) is 6.42 Å². The lowest BCUT2D eigenvalue weighted by Crippen LogP contribution is -1.99. The first-order chi connectivity index (χ1) is 13.3. The molecule has 2 aromatic carbocycles. The second-order valence-electron chi connectivity index (χ2n) is 6.74. The summed E-state index contributed by atoms with van der Waals surface area (Å²) in [6, 6.07) is 17.7. The van der Waals surface area contributed by atoms with Crippen LogP contribution in [0.1, 0.15) is 30.0 Å². The van der Waals surface area contributed by atoms with Crippen LogP contribution in [-0.2, 0) is 0 Å². The molecule has 2 heterocycles. The van der Waals surface area contributed by atoms with E-state index in [2.05, 4.69) is 27.5 Å². The molecule has 2 N–H and O–H groups in total. The van der Waals surface area contributed by atoms with Crippen molar-refractivity contribution in [2.24, 2.45) is 0 Å². The summed E-state index contributed by atoms with van der Waals surface area (Å²) in [5.74, 6) is 5.42. The summed E-state index contributed by atoms with van der Waals surface area (Å²) in [5, 5.41) is 11.8. The zero-order chi connectivity index (χ0) is 18.2. The third kappa shape index (κ3) is 3.02. The molecule has 2 aromatic heterocycles. The zero-order valence-corrected chi connectivity index (χ0v) is 14.6. The molecule has 0 atom stereocenters. The molecule has 1 aliphatic carbocycles. The Hall–Kier alpha value is -3.65. The molecular formula is C22H17N5. The van der Waals surface area contributed by atoms with Crippen molar-refractivity contribution in [2.75, 3.05) is 5.32 Å². The predicted octanol–water partition coefficient (Wildman–Crippen LogP) is 4.62. The molecular weight excluding hydrogens is 334 g/mol. The number of aromatic nitrogens is 4. The van der Waals surface area contributed by atoms with Gasteiger partial charge in [0, 0.05) is 34.2 Å². The van der Waals surface area contributed by atoms with Crippen molar-refractivity contribution in [1.82, 2.24) is 20.2 Å². The van der Waals surface area contributed by atoms with E-state index in [0.29, 0.717) is 11.7 Å². The third-order valence-electron chi connectivity index (χ3n) is 4.77. The highest BCUT2D eigenvalue weighted by Gasteiger charge is 2.25. The number of H-pyrrole nitrogens is 1. The minimum Gasteiger partial charge on any atom is -0.323 e. The Balaban J connectivity index is 1.57. The first-order valence-corrected chi connectivity index (χ1v) is 8.96. The van der Waals surface area contributed by atoms with Crippen molar-refractivity contribution in [3.63, 3.8) is 0 Å². The van der Waals surface area contributed by atoms with Gasteiger partial charge in [-0.05, 0) is 49.2 Å². The molecule has 5 nitrogen and oxygen atoms in total. The number of aromatic amines is 1. The van der Waals surface area contributed by atoms with Gasteiger partial charge in [0.05, 0.1) is 5.52 Å². The Bertz CT molecular complexity index is 1160. The monoisotopic (exact) mass is 351 g/mol. The second-order valence-corrected chi connectivity index (χ2v) is 6.74. The fourth-order valence-electron chi connectivity index (χ4n) is 3.14. The van der Waals surface area contributed by atoms with E-state index >= 15 is 0 Å². The summed E-state index contributed by atoms with van der Waals surface area (Å²) >= 11 is 0. The zero-order valence-electron chi connectivity index (χ0n) is 14.6. The van der Waals surface area contributed by atoms with Crippen LogP contribution in [0.2, 0.25) is 0 Å². The first kappa shape index (κ1) is 15.6. The molecule has 0 saturated heterocycles. The minimum absolute atomic E-state index is 0.625. The molecule has 5 rings (SSSR count). The summed E-state index contributed by atoms with van der Waals surface area (Å²) in [7, 11) is 0. The van der Waals surface area contributed by atoms with Crippen molar-refractivity contribution < 1.29 is 0 Å². The molecule has 130 valence electrons. The molecule has 1 saturated carbocycles. The Morgan fingerprint density at radius 3 is 2.63 bits per heavy atom. The summed E-state index contributed by atoms with van der Waals surface area (Å²) in [5.41, 5.74) is 3.82. The van der Waals surface area contributed by atoms with Crippen molar-refractivity contribution in [3.8, 4) is 23.7 Å². The van der Waals surface area contributed by atoms with Crippen LogP contribution in [-0.4, -0.2) is 20.2 Å². The summed E-state index contributed by atoms with van der Waals surface area (Å²) in [6.07, 6.45) is 7.91. The standard InChI is InChI=1S/C22H17N5/c1-2-14-7-9-16(10-8-14)21-23-18-6-4-3-5-17(18)22(25-21)24-20-13-19(26-27-20)15-11-12-15/h1,3-10,13,15H,11-12H2,(H2,23,24,25,26,27). The number of hydrogen-bond acceptors (Lipinski definition) is 4. The molecule has 0 unspecified atom stereocenters. The van der Waals surface area contributed by atoms with Gasteiger partial charge in [-0.3, -0.25) is 5.10 Å². The van der Waals surface area contributed by atoms with Gasteiger partial charge in [-0.2, -0.15) is 5.10 Å². The number of benzene rings is 2. The molecule has 27 heavy (non-hydrogen) atoms. The van der Waals surface area contributed by atoms with Crippen LogP contribution in [0.3, 0.4) is 0 Å². The number of anilines is 2. The van der Waals surface area contributed by atoms with Gasteiger partial charge in [0.15, 0.2) is 11.6 Å². The van der Waals surface area contributed by atoms with Crippen molar-refractivity contribution in [3.05, 3.63) is 65.9 Å². The normalized spacial score (nSPS) is 13.4. The fourth-order valence-corrected chi connectivity index (χ4v) is 3.14. The van der Waals surface area contributed by atoms with E-state index in [1.807, 2.05) is 48.5 Å². The summed E-state index contributed by atoms with van der Waals surface area (Å²) < 4.78 is 0. The minimum atomic E-state index is 0.625. The van der Waals surface area contributed by atoms with E-state index in [1.165, 1.54) is 18.5 Å². The summed E-state index contributed by atoms with van der Waals surface area (Å²) in [6.45, 7) is 0. The van der Waals surface area contributed by atoms with Gasteiger partial charge in [-0.25, -0.2) is 9.97 Å². The number of terminal acetylenes is 1. The Labute approximate surface area is 156 Å². The molecule has 0 amide bonds. The van der Waals surface area contributed by atoms with E-state index in [1.54, 1.807) is 0 Å². The van der Waals surface area contributed by atoms with Gasteiger partial charge >= 0.3 is 0 Å². The average molecular weight is 351 g/mol. The van der Waals surface area contributed by atoms with Gasteiger partial charge < -0.3 is 5.32 Å². The smallest absolute Gasteiger partial charge is 0.162 e. The topological polar surface area (TPSA) is 66.5 Å². The van der Waals surface area contributed by atoms with Crippen LogP contribution in [0.25, 0.3) is 22.3 Å². The van der Waals surface area contributed by atoms with Crippen molar-refractivity contribution in [1.29, 1.82) is 0 Å². The van der Waals surface area contributed by atoms with E-state index in [4.69, 9.17) is 16.4 Å². The maximum Gasteiger partial charge on any atom is 0.162 e. The maximum atomic E-state index is 5.45. The lowest BCUT2D eigenvalue weighted by Gasteiger charge is -2.09. The van der Waals surface area contributed by atoms with Crippen molar-refractivity contribution >= 4 is 22.5 Å². The molecule has 1 fully saturated rings. The fraction of sp³-hybridized carbons (Fsp3) is 0.136. The lowest BCUT2D eigenvalue weighted by molar-refractivity contribution is 0.966. The average Bonchev–Trinajstić information content (AvgIpc) is 3.47. The maximum absolute atomic E-state index is 5.45. The van der Waals surface area contributed by atoms with Crippen LogP contribution < -0.4 is 5.32 Å². The van der Waals surface area contributed by atoms with Crippen LogP contribution in [0, 0.1) is 12.3 Å². The third-order valence-corrected chi connectivity index (χ3v) is 4.77. The van der Waals surface area contributed by atoms with Gasteiger partial charge in [-0.1, -0.05) is 18.1 Å². The van der Waals surface area contributed by atoms with Gasteiger partial charge in [0.25, 0.3) is 0 Å². The highest BCUT2D eigenvalue weighted by Crippen LogP contribution is 2.39. The molecule has 1 aliphatic rings. The van der Waals surface area contributed by atoms with Crippen LogP contribution in [0.15, 0.2) is 54.6 Å². The van der Waals surface area contributed by atoms with E-state index in [9.17, 15) is 0 Å². The highest BCUT2D eigenvalue weighted by atomic mass is 15.2. The number of rotatable bonds is 4. The number of fused-ring (bicyclic) bond motifs is 1. The molecule has 0 aliphatic heterocycles. The first-order valence-electron chi connectivity index (χ1n) is 8.96. The Kier molecular flexibility index (Phi) is 3.61. The Morgan fingerprint density at radius 1 is 1.04 bits per heavy atom. The quantitative estimate of drug-likeness (QED) is 0.526. The molecule has 0 radical (unpaired) electrons. The largest absolute Gasteiger partial charge is 0.323 e. The number of nitrogens with one attached hydrogen (secondary N) is 2. The number of hydrogen-bond donors (Lipinski definition) is 2. The second kappa shape index (κ2) is 6.26. The van der Waals surface area contributed by atoms with Crippen LogP contribution in [0.5, 0.6) is 0 Å². The number of para-hydroxylation sites is 1. The lowest BCUT2D eigenvalue weighted by atomic mass is 10.1. The van der Waals surface area contributed by atoms with E-state index in [0.717, 1.165) is 33.7 Å². The molecule has 0 bridgehead atoms. The van der Waals surface area contributed by atoms with Gasteiger partial charge in [0.2, 0.25) is 0 Å². The number of nitrogens with zero attached hydrogens (tertiary/aromatic N) is 3. The molecule has 5 heteroatoms. The highest BCUT2D eigenvalue weighted by molar-refractivity contribution is 5.92.